The van der Waals surface area contributed by atoms with Gasteiger partial charge in [0.1, 0.15) is 6.61 Å². The molecule has 0 aliphatic heterocycles. The van der Waals surface area contributed by atoms with Crippen molar-refractivity contribution in [3.63, 3.8) is 0 Å². The van der Waals surface area contributed by atoms with Gasteiger partial charge in [-0.1, -0.05) is 125 Å². The molecule has 0 aromatic carbocycles. The Hall–Kier alpha value is -2.55. The number of phosphoric acid groups is 1. The molecule has 0 spiro atoms. The Morgan fingerprint density at radius 3 is 1.50 bits per heavy atom. The molecule has 2 unspecified atom stereocenters. The fraction of sp³-hybridized carbons (Fsp3) is 0.682. The van der Waals surface area contributed by atoms with Crippen LogP contribution in [0.2, 0.25) is 0 Å². The molecular weight excluding hydrogens is 701 g/mol. The largest absolute Gasteiger partial charge is 0.472 e. The summed E-state index contributed by atoms with van der Waals surface area (Å²) in [5, 5.41) is 2.81. The van der Waals surface area contributed by atoms with Crippen molar-refractivity contribution in [2.24, 2.45) is 0 Å². The van der Waals surface area contributed by atoms with E-state index in [1.54, 1.807) is 7.05 Å². The van der Waals surface area contributed by atoms with Crippen LogP contribution in [0.4, 0.5) is 0 Å². The number of hydrogen-bond donors (Lipinski definition) is 2. The van der Waals surface area contributed by atoms with Gasteiger partial charge in [0.2, 0.25) is 0 Å². The van der Waals surface area contributed by atoms with Crippen LogP contribution in [-0.2, 0) is 32.7 Å². The van der Waals surface area contributed by atoms with Gasteiger partial charge in [-0.25, -0.2) is 4.57 Å². The normalized spacial score (nSPS) is 14.1. The van der Waals surface area contributed by atoms with Crippen molar-refractivity contribution in [2.75, 3.05) is 33.4 Å². The SMILES string of the molecule is CCCCC/C=C\C/C=C\C/C=C\CCCCCCC(=O)OCC(COP(=O)(O)OCCNC)OC(=O)CCCC/C=C\C/C=C\C/C=C\CCCCC. The van der Waals surface area contributed by atoms with Gasteiger partial charge in [-0.05, 0) is 96.9 Å². The van der Waals surface area contributed by atoms with E-state index in [-0.39, 0.29) is 26.1 Å². The van der Waals surface area contributed by atoms with Crippen LogP contribution in [0.3, 0.4) is 0 Å². The molecule has 0 rings (SSSR count). The minimum absolute atomic E-state index is 0.0318. The summed E-state index contributed by atoms with van der Waals surface area (Å²) in [7, 11) is -2.68. The van der Waals surface area contributed by atoms with E-state index in [2.05, 4.69) is 92.1 Å². The Kier molecular flexibility index (Phi) is 38.2. The number of ether oxygens (including phenoxy) is 2. The van der Waals surface area contributed by atoms with Gasteiger partial charge in [-0.3, -0.25) is 18.6 Å². The maximum atomic E-state index is 12.6. The first kappa shape index (κ1) is 51.5. The summed E-state index contributed by atoms with van der Waals surface area (Å²) in [4.78, 5) is 35.0. The number of carbonyl (C=O) groups is 2. The zero-order valence-corrected chi connectivity index (χ0v) is 35.0. The molecule has 54 heavy (non-hydrogen) atoms. The molecule has 0 heterocycles. The maximum Gasteiger partial charge on any atom is 0.472 e. The Labute approximate surface area is 329 Å². The average Bonchev–Trinajstić information content (AvgIpc) is 3.15. The number of hydrogen-bond acceptors (Lipinski definition) is 8. The summed E-state index contributed by atoms with van der Waals surface area (Å²) in [6.07, 6.45) is 46.6. The molecule has 0 amide bonds. The number of nitrogens with one attached hydrogen (secondary N) is 1. The van der Waals surface area contributed by atoms with Crippen LogP contribution in [0.5, 0.6) is 0 Å². The summed E-state index contributed by atoms with van der Waals surface area (Å²) in [6.45, 7) is 4.07. The van der Waals surface area contributed by atoms with Gasteiger partial charge in [0.25, 0.3) is 0 Å². The third-order valence-electron chi connectivity index (χ3n) is 8.30. The Morgan fingerprint density at radius 2 is 1.00 bits per heavy atom. The first-order chi connectivity index (χ1) is 26.3. The number of esters is 2. The van der Waals surface area contributed by atoms with Gasteiger partial charge in [0.15, 0.2) is 6.10 Å². The number of rotatable bonds is 38. The zero-order chi connectivity index (χ0) is 39.6. The molecule has 0 saturated heterocycles. The molecule has 0 saturated carbocycles. The van der Waals surface area contributed by atoms with E-state index < -0.39 is 32.5 Å². The third kappa shape index (κ3) is 39.2. The van der Waals surface area contributed by atoms with Gasteiger partial charge >= 0.3 is 19.8 Å². The van der Waals surface area contributed by atoms with Gasteiger partial charge in [0.05, 0.1) is 13.2 Å². The lowest BCUT2D eigenvalue weighted by Crippen LogP contribution is -2.29. The van der Waals surface area contributed by atoms with Crippen LogP contribution in [0.25, 0.3) is 0 Å². The Bertz CT molecular complexity index is 1110. The number of allylic oxidation sites excluding steroid dienone is 12. The number of likely N-dealkylation sites (N-methyl/N-ethyl adjacent to an activating group) is 1. The first-order valence-corrected chi connectivity index (χ1v) is 22.4. The summed E-state index contributed by atoms with van der Waals surface area (Å²) >= 11 is 0. The Balaban J connectivity index is 4.37. The predicted octanol–water partition coefficient (Wildman–Crippen LogP) is 11.8. The summed E-state index contributed by atoms with van der Waals surface area (Å²) < 4.78 is 33.1. The number of unbranched alkanes of at least 4 members (excludes halogenated alkanes) is 12. The van der Waals surface area contributed by atoms with Crippen molar-refractivity contribution < 1.29 is 37.6 Å². The number of phosphoric ester groups is 1. The lowest BCUT2D eigenvalue weighted by Gasteiger charge is -2.20. The first-order valence-electron chi connectivity index (χ1n) is 20.9. The molecule has 0 aliphatic rings. The molecular formula is C44H76NO8P. The van der Waals surface area contributed by atoms with E-state index in [9.17, 15) is 19.0 Å². The summed E-state index contributed by atoms with van der Waals surface area (Å²) in [6, 6.07) is 0. The molecule has 0 aliphatic carbocycles. The molecule has 0 aromatic rings. The molecule has 2 N–H and O–H groups in total. The lowest BCUT2D eigenvalue weighted by atomic mass is 10.1. The average molecular weight is 778 g/mol. The molecule has 9 nitrogen and oxygen atoms in total. The summed E-state index contributed by atoms with van der Waals surface area (Å²) in [5.41, 5.74) is 0. The molecule has 0 aromatic heterocycles. The number of carbonyl (C=O) groups excluding carboxylic acids is 2. The van der Waals surface area contributed by atoms with Crippen molar-refractivity contribution in [2.45, 2.75) is 161 Å². The topological polar surface area (TPSA) is 120 Å². The van der Waals surface area contributed by atoms with E-state index in [0.717, 1.165) is 70.6 Å². The fourth-order valence-electron chi connectivity index (χ4n) is 5.09. The standard InChI is InChI=1S/C44H76NO8P/c1-4-6-8-10-12-14-16-18-20-21-23-24-26-28-30-32-34-36-43(46)50-40-42(41-52-54(48,49)51-39-38-45-3)53-44(47)37-35-33-31-29-27-25-22-19-17-15-13-11-9-7-5-2/h12-15,18-20,22-24,27,29,42,45H,4-11,16-17,21,25-26,28,30-41H2,1-3H3,(H,48,49)/b14-12-,15-13-,20-18-,22-19-,24-23-,29-27-. The predicted molar refractivity (Wildman–Crippen MR) is 224 cm³/mol. The second-order valence-electron chi connectivity index (χ2n) is 13.5. The van der Waals surface area contributed by atoms with Crippen LogP contribution in [-0.4, -0.2) is 56.3 Å². The van der Waals surface area contributed by atoms with Crippen LogP contribution in [0.1, 0.15) is 155 Å². The van der Waals surface area contributed by atoms with Crippen LogP contribution < -0.4 is 5.32 Å². The highest BCUT2D eigenvalue weighted by Gasteiger charge is 2.26. The van der Waals surface area contributed by atoms with E-state index in [4.69, 9.17) is 18.5 Å². The molecule has 310 valence electrons. The van der Waals surface area contributed by atoms with Gasteiger partial charge in [-0.2, -0.15) is 0 Å². The second kappa shape index (κ2) is 40.1. The molecule has 0 fully saturated rings. The zero-order valence-electron chi connectivity index (χ0n) is 34.1. The van der Waals surface area contributed by atoms with Gasteiger partial charge in [0, 0.05) is 19.4 Å². The van der Waals surface area contributed by atoms with Gasteiger partial charge < -0.3 is 19.7 Å². The quantitative estimate of drug-likeness (QED) is 0.0273. The monoisotopic (exact) mass is 778 g/mol. The van der Waals surface area contributed by atoms with E-state index >= 15 is 0 Å². The van der Waals surface area contributed by atoms with Crippen LogP contribution in [0, 0.1) is 0 Å². The smallest absolute Gasteiger partial charge is 0.462 e. The Morgan fingerprint density at radius 1 is 0.574 bits per heavy atom. The minimum atomic E-state index is -4.37. The third-order valence-corrected chi connectivity index (χ3v) is 9.28. The van der Waals surface area contributed by atoms with Crippen molar-refractivity contribution in [1.29, 1.82) is 0 Å². The van der Waals surface area contributed by atoms with Crippen LogP contribution in [0.15, 0.2) is 72.9 Å². The van der Waals surface area contributed by atoms with Gasteiger partial charge in [-0.15, -0.1) is 0 Å². The van der Waals surface area contributed by atoms with Crippen LogP contribution >= 0.6 is 7.82 Å². The van der Waals surface area contributed by atoms with Crippen molar-refractivity contribution in [3.05, 3.63) is 72.9 Å². The van der Waals surface area contributed by atoms with Crippen molar-refractivity contribution in [3.8, 4) is 0 Å². The minimum Gasteiger partial charge on any atom is -0.462 e. The van der Waals surface area contributed by atoms with Crippen molar-refractivity contribution in [1.82, 2.24) is 5.32 Å². The summed E-state index contributed by atoms with van der Waals surface area (Å²) in [5.74, 6) is -0.884. The molecule has 10 heteroatoms. The molecule has 2 atom stereocenters. The van der Waals surface area contributed by atoms with E-state index in [0.29, 0.717) is 19.4 Å². The highest BCUT2D eigenvalue weighted by molar-refractivity contribution is 7.47. The highest BCUT2D eigenvalue weighted by atomic mass is 31.2. The molecule has 0 radical (unpaired) electrons. The highest BCUT2D eigenvalue weighted by Crippen LogP contribution is 2.43. The van der Waals surface area contributed by atoms with Crippen molar-refractivity contribution >= 4 is 19.8 Å². The fourth-order valence-corrected chi connectivity index (χ4v) is 5.84. The van der Waals surface area contributed by atoms with E-state index in [1.165, 1.54) is 44.9 Å². The van der Waals surface area contributed by atoms with E-state index in [1.807, 2.05) is 0 Å². The maximum absolute atomic E-state index is 12.6. The lowest BCUT2D eigenvalue weighted by molar-refractivity contribution is -0.161. The second-order valence-corrected chi connectivity index (χ2v) is 14.9. The molecule has 0 bridgehead atoms.